The fourth-order valence-corrected chi connectivity index (χ4v) is 3.88. The van der Waals surface area contributed by atoms with Gasteiger partial charge in [-0.05, 0) is 30.1 Å². The highest BCUT2D eigenvalue weighted by molar-refractivity contribution is 5.98. The Labute approximate surface area is 81.1 Å². The van der Waals surface area contributed by atoms with E-state index < -0.39 is 0 Å². The molecule has 3 aliphatic carbocycles. The average Bonchev–Trinajstić information content (AvgIpc) is 2.72. The van der Waals surface area contributed by atoms with Crippen molar-refractivity contribution < 1.29 is 14.3 Å². The van der Waals surface area contributed by atoms with E-state index in [0.29, 0.717) is 17.3 Å². The van der Waals surface area contributed by atoms with E-state index in [0.717, 1.165) is 0 Å². The number of carbonyl (C=O) groups excluding carboxylic acids is 2. The first-order valence-electron chi connectivity index (χ1n) is 5.18. The standard InChI is InChI=1S/C11H10O3/c12-9-7-5-1-2-6(11(5)3-4-11)8(7)10(13)14-9/h1-2,5-8H,3-4H2/t5-,6-,7-,8+/m1/s1. The maximum absolute atomic E-state index is 11.5. The Morgan fingerprint density at radius 1 is 1.07 bits per heavy atom. The van der Waals surface area contributed by atoms with Gasteiger partial charge in [-0.3, -0.25) is 9.59 Å². The number of allylic oxidation sites excluding steroid dienone is 2. The number of rotatable bonds is 0. The number of cyclic esters (lactones) is 2. The molecule has 0 aromatic rings. The highest BCUT2D eigenvalue weighted by Gasteiger charge is 2.72. The molecule has 4 rings (SSSR count). The van der Waals surface area contributed by atoms with Crippen LogP contribution in [0.4, 0.5) is 0 Å². The predicted molar refractivity (Wildman–Crippen MR) is 45.9 cm³/mol. The zero-order chi connectivity index (χ0) is 9.50. The lowest BCUT2D eigenvalue weighted by atomic mass is 9.85. The van der Waals surface area contributed by atoms with Crippen LogP contribution in [0.15, 0.2) is 12.2 Å². The van der Waals surface area contributed by atoms with Crippen LogP contribution >= 0.6 is 0 Å². The number of ether oxygens (including phenoxy) is 1. The van der Waals surface area contributed by atoms with Gasteiger partial charge in [0.15, 0.2) is 0 Å². The summed E-state index contributed by atoms with van der Waals surface area (Å²) < 4.78 is 4.71. The van der Waals surface area contributed by atoms with Crippen LogP contribution < -0.4 is 0 Å². The third-order valence-electron chi connectivity index (χ3n) is 4.59. The summed E-state index contributed by atoms with van der Waals surface area (Å²) >= 11 is 0. The van der Waals surface area contributed by atoms with Gasteiger partial charge in [0.25, 0.3) is 0 Å². The Morgan fingerprint density at radius 2 is 1.57 bits per heavy atom. The largest absolute Gasteiger partial charge is 0.393 e. The van der Waals surface area contributed by atoms with Crippen LogP contribution in [0.1, 0.15) is 12.8 Å². The number of fused-ring (bicyclic) bond motifs is 3. The van der Waals surface area contributed by atoms with Gasteiger partial charge in [0.1, 0.15) is 0 Å². The second-order valence-corrected chi connectivity index (χ2v) is 4.96. The van der Waals surface area contributed by atoms with Crippen molar-refractivity contribution in [2.45, 2.75) is 12.8 Å². The first kappa shape index (κ1) is 7.21. The summed E-state index contributed by atoms with van der Waals surface area (Å²) in [5.41, 5.74) is 0.296. The van der Waals surface area contributed by atoms with Crippen LogP contribution in [-0.4, -0.2) is 11.9 Å². The van der Waals surface area contributed by atoms with Gasteiger partial charge >= 0.3 is 11.9 Å². The van der Waals surface area contributed by atoms with Gasteiger partial charge in [-0.25, -0.2) is 0 Å². The van der Waals surface area contributed by atoms with Crippen molar-refractivity contribution in [3.63, 3.8) is 0 Å². The van der Waals surface area contributed by atoms with E-state index in [9.17, 15) is 9.59 Å². The first-order chi connectivity index (χ1) is 6.74. The summed E-state index contributed by atoms with van der Waals surface area (Å²) in [4.78, 5) is 23.0. The van der Waals surface area contributed by atoms with Crippen molar-refractivity contribution in [1.29, 1.82) is 0 Å². The molecule has 0 radical (unpaired) electrons. The third kappa shape index (κ3) is 0.527. The molecule has 0 unspecified atom stereocenters. The van der Waals surface area contributed by atoms with E-state index in [1.807, 2.05) is 0 Å². The highest BCUT2D eigenvalue weighted by Crippen LogP contribution is 2.73. The zero-order valence-electron chi connectivity index (χ0n) is 7.60. The molecule has 0 aromatic heterocycles. The van der Waals surface area contributed by atoms with Gasteiger partial charge in [-0.2, -0.15) is 0 Å². The highest BCUT2D eigenvalue weighted by atomic mass is 16.6. The van der Waals surface area contributed by atoms with Gasteiger partial charge in [-0.1, -0.05) is 12.2 Å². The molecule has 1 aliphatic heterocycles. The fraction of sp³-hybridized carbons (Fsp3) is 0.636. The molecule has 3 nitrogen and oxygen atoms in total. The summed E-state index contributed by atoms with van der Waals surface area (Å²) in [6.07, 6.45) is 6.64. The molecule has 4 aliphatic rings. The van der Waals surface area contributed by atoms with E-state index >= 15 is 0 Å². The molecule has 0 aromatic carbocycles. The maximum Gasteiger partial charge on any atom is 0.318 e. The van der Waals surface area contributed by atoms with E-state index in [1.54, 1.807) is 0 Å². The molecule has 1 spiro atoms. The van der Waals surface area contributed by atoms with Crippen LogP contribution in [0.25, 0.3) is 0 Å². The molecule has 3 heteroatoms. The van der Waals surface area contributed by atoms with Crippen LogP contribution in [0.5, 0.6) is 0 Å². The Balaban J connectivity index is 1.89. The van der Waals surface area contributed by atoms with Crippen LogP contribution in [0.2, 0.25) is 0 Å². The minimum atomic E-state index is -0.275. The van der Waals surface area contributed by atoms with E-state index in [4.69, 9.17) is 4.74 Å². The molecule has 0 amide bonds. The SMILES string of the molecule is O=C1OC(=O)[C@H]2[C@@H]1[C@H]1C=C[C@H]2C12CC2. The molecule has 4 atom stereocenters. The molecule has 1 heterocycles. The summed E-state index contributed by atoms with van der Waals surface area (Å²) in [6, 6.07) is 0. The molecule has 3 fully saturated rings. The number of hydrogen-bond donors (Lipinski definition) is 0. The van der Waals surface area contributed by atoms with Crippen molar-refractivity contribution in [1.82, 2.24) is 0 Å². The van der Waals surface area contributed by atoms with Crippen molar-refractivity contribution >= 4 is 11.9 Å². The molecule has 2 saturated carbocycles. The topological polar surface area (TPSA) is 43.4 Å². The Hall–Kier alpha value is -1.12. The molecular formula is C11H10O3. The molecule has 2 bridgehead atoms. The van der Waals surface area contributed by atoms with E-state index in [-0.39, 0.29) is 23.8 Å². The number of hydrogen-bond acceptors (Lipinski definition) is 3. The minimum absolute atomic E-state index is 0.139. The van der Waals surface area contributed by atoms with Crippen molar-refractivity contribution in [3.8, 4) is 0 Å². The third-order valence-corrected chi connectivity index (χ3v) is 4.59. The number of carbonyl (C=O) groups is 2. The molecule has 0 N–H and O–H groups in total. The monoisotopic (exact) mass is 190 g/mol. The Bertz CT molecular complexity index is 359. The predicted octanol–water partition coefficient (Wildman–Crippen LogP) is 0.898. The Kier molecular flexibility index (Phi) is 0.932. The summed E-state index contributed by atoms with van der Waals surface area (Å²) in [6.45, 7) is 0. The van der Waals surface area contributed by atoms with Crippen molar-refractivity contribution in [3.05, 3.63) is 12.2 Å². The smallest absolute Gasteiger partial charge is 0.318 e. The lowest BCUT2D eigenvalue weighted by Gasteiger charge is -2.15. The second-order valence-electron chi connectivity index (χ2n) is 4.96. The summed E-state index contributed by atoms with van der Waals surface area (Å²) in [7, 11) is 0. The molecule has 72 valence electrons. The molecule has 14 heavy (non-hydrogen) atoms. The van der Waals surface area contributed by atoms with Gasteiger partial charge in [0, 0.05) is 0 Å². The van der Waals surface area contributed by atoms with Gasteiger partial charge in [0.2, 0.25) is 0 Å². The minimum Gasteiger partial charge on any atom is -0.393 e. The average molecular weight is 190 g/mol. The Morgan fingerprint density at radius 3 is 2.00 bits per heavy atom. The van der Waals surface area contributed by atoms with Crippen LogP contribution in [0, 0.1) is 29.1 Å². The van der Waals surface area contributed by atoms with Gasteiger partial charge in [0.05, 0.1) is 11.8 Å². The zero-order valence-corrected chi connectivity index (χ0v) is 7.60. The van der Waals surface area contributed by atoms with Crippen LogP contribution in [0.3, 0.4) is 0 Å². The molecule has 1 saturated heterocycles. The quantitative estimate of drug-likeness (QED) is 0.324. The lowest BCUT2D eigenvalue weighted by molar-refractivity contribution is -0.155. The first-order valence-corrected chi connectivity index (χ1v) is 5.18. The van der Waals surface area contributed by atoms with Crippen molar-refractivity contribution in [2.75, 3.05) is 0 Å². The summed E-state index contributed by atoms with van der Waals surface area (Å²) in [5, 5.41) is 0. The van der Waals surface area contributed by atoms with Gasteiger partial charge in [-0.15, -0.1) is 0 Å². The van der Waals surface area contributed by atoms with E-state index in [2.05, 4.69) is 12.2 Å². The normalized spacial score (nSPS) is 50.0. The second kappa shape index (κ2) is 1.81. The van der Waals surface area contributed by atoms with Gasteiger partial charge < -0.3 is 4.74 Å². The summed E-state index contributed by atoms with van der Waals surface area (Å²) in [5.74, 6) is -0.223. The lowest BCUT2D eigenvalue weighted by Crippen LogP contribution is -2.21. The number of esters is 2. The fourth-order valence-electron chi connectivity index (χ4n) is 3.88. The molecular weight excluding hydrogens is 180 g/mol. The maximum atomic E-state index is 11.5. The van der Waals surface area contributed by atoms with Crippen molar-refractivity contribution in [2.24, 2.45) is 29.1 Å². The van der Waals surface area contributed by atoms with E-state index in [1.165, 1.54) is 12.8 Å². The van der Waals surface area contributed by atoms with Crippen LogP contribution in [-0.2, 0) is 14.3 Å².